The Labute approximate surface area is 102 Å². The third kappa shape index (κ3) is 3.44. The fourth-order valence-electron chi connectivity index (χ4n) is 0.973. The molecule has 0 aliphatic heterocycles. The van der Waals surface area contributed by atoms with E-state index in [4.69, 9.17) is 4.74 Å². The van der Waals surface area contributed by atoms with Crippen molar-refractivity contribution in [1.82, 2.24) is 10.2 Å². The highest BCUT2D eigenvalue weighted by Crippen LogP contribution is 2.22. The number of carbonyl (C=O) groups is 1. The Balaban J connectivity index is 2.71. The minimum absolute atomic E-state index is 0.150. The number of halogens is 1. The van der Waals surface area contributed by atoms with E-state index < -0.39 is 5.97 Å². The van der Waals surface area contributed by atoms with Gasteiger partial charge in [-0.1, -0.05) is 13.3 Å². The lowest BCUT2D eigenvalue weighted by Gasteiger charge is -2.06. The quantitative estimate of drug-likeness (QED) is 0.614. The molecule has 0 radical (unpaired) electrons. The van der Waals surface area contributed by atoms with Crippen molar-refractivity contribution in [2.75, 3.05) is 13.7 Å². The van der Waals surface area contributed by atoms with Gasteiger partial charge in [0.25, 0.3) is 0 Å². The Bertz CT molecular complexity index is 371. The van der Waals surface area contributed by atoms with Gasteiger partial charge >= 0.3 is 5.97 Å². The maximum atomic E-state index is 11.2. The second-order valence-corrected chi connectivity index (χ2v) is 3.93. The summed E-state index contributed by atoms with van der Waals surface area (Å²) in [6, 6.07) is 1.53. The summed E-state index contributed by atoms with van der Waals surface area (Å²) in [4.78, 5) is 11.2. The molecule has 1 aromatic rings. The van der Waals surface area contributed by atoms with Gasteiger partial charge in [0, 0.05) is 0 Å². The van der Waals surface area contributed by atoms with Gasteiger partial charge < -0.3 is 9.47 Å². The van der Waals surface area contributed by atoms with Crippen LogP contribution in [0.2, 0.25) is 0 Å². The average molecular weight is 289 g/mol. The Morgan fingerprint density at radius 2 is 2.25 bits per heavy atom. The molecule has 0 bridgehead atoms. The second kappa shape index (κ2) is 6.42. The molecule has 88 valence electrons. The Hall–Kier alpha value is -1.17. The number of carbonyl (C=O) groups excluding carboxylic acids is 1. The first-order chi connectivity index (χ1) is 7.69. The largest absolute Gasteiger partial charge is 0.476 e. The summed E-state index contributed by atoms with van der Waals surface area (Å²) >= 11 is 3.26. The van der Waals surface area contributed by atoms with Crippen molar-refractivity contribution in [3.8, 4) is 5.88 Å². The van der Waals surface area contributed by atoms with E-state index in [2.05, 4.69) is 37.8 Å². The molecule has 0 spiro atoms. The van der Waals surface area contributed by atoms with E-state index in [0.29, 0.717) is 17.0 Å². The van der Waals surface area contributed by atoms with Crippen molar-refractivity contribution in [3.63, 3.8) is 0 Å². The number of methoxy groups -OCH3 is 1. The highest BCUT2D eigenvalue weighted by atomic mass is 79.9. The van der Waals surface area contributed by atoms with E-state index in [1.165, 1.54) is 13.2 Å². The van der Waals surface area contributed by atoms with E-state index >= 15 is 0 Å². The van der Waals surface area contributed by atoms with Crippen LogP contribution in [0.4, 0.5) is 0 Å². The molecular formula is C10H13BrN2O3. The number of nitrogens with zero attached hydrogens (tertiary/aromatic N) is 2. The monoisotopic (exact) mass is 288 g/mol. The predicted molar refractivity (Wildman–Crippen MR) is 61.5 cm³/mol. The molecule has 16 heavy (non-hydrogen) atoms. The second-order valence-electron chi connectivity index (χ2n) is 3.08. The SMILES string of the molecule is CCCCOc1nnc(C(=O)OC)cc1Br. The molecule has 0 aliphatic rings. The summed E-state index contributed by atoms with van der Waals surface area (Å²) in [6.07, 6.45) is 2.00. The van der Waals surface area contributed by atoms with Crippen LogP contribution >= 0.6 is 15.9 Å². The smallest absolute Gasteiger partial charge is 0.358 e. The minimum Gasteiger partial charge on any atom is -0.476 e. The zero-order valence-electron chi connectivity index (χ0n) is 9.20. The van der Waals surface area contributed by atoms with Gasteiger partial charge in [-0.3, -0.25) is 0 Å². The van der Waals surface area contributed by atoms with E-state index in [9.17, 15) is 4.79 Å². The summed E-state index contributed by atoms with van der Waals surface area (Å²) in [5.41, 5.74) is 0.150. The standard InChI is InChI=1S/C10H13BrN2O3/c1-3-4-5-16-9-7(11)6-8(12-13-9)10(14)15-2/h6H,3-5H2,1-2H3. The van der Waals surface area contributed by atoms with Crippen LogP contribution in [0.25, 0.3) is 0 Å². The fourth-order valence-corrected chi connectivity index (χ4v) is 1.38. The van der Waals surface area contributed by atoms with E-state index in [1.54, 1.807) is 0 Å². The van der Waals surface area contributed by atoms with Gasteiger partial charge in [-0.05, 0) is 28.4 Å². The number of rotatable bonds is 5. The Morgan fingerprint density at radius 3 is 2.81 bits per heavy atom. The maximum Gasteiger partial charge on any atom is 0.358 e. The normalized spacial score (nSPS) is 9.94. The van der Waals surface area contributed by atoms with Crippen LogP contribution in [-0.2, 0) is 4.74 Å². The lowest BCUT2D eigenvalue weighted by molar-refractivity contribution is 0.0592. The molecule has 0 aromatic carbocycles. The molecule has 1 aromatic heterocycles. The number of hydrogen-bond acceptors (Lipinski definition) is 5. The third-order valence-corrected chi connectivity index (χ3v) is 2.42. The number of esters is 1. The van der Waals surface area contributed by atoms with Crippen molar-refractivity contribution in [3.05, 3.63) is 16.2 Å². The molecule has 0 atom stereocenters. The highest BCUT2D eigenvalue weighted by molar-refractivity contribution is 9.10. The number of aromatic nitrogens is 2. The molecule has 0 amide bonds. The first-order valence-corrected chi connectivity index (χ1v) is 5.72. The summed E-state index contributed by atoms with van der Waals surface area (Å²) < 4.78 is 10.5. The van der Waals surface area contributed by atoms with Crippen LogP contribution in [0.5, 0.6) is 5.88 Å². The van der Waals surface area contributed by atoms with Crippen molar-refractivity contribution < 1.29 is 14.3 Å². The first kappa shape index (κ1) is 12.9. The molecule has 5 nitrogen and oxygen atoms in total. The highest BCUT2D eigenvalue weighted by Gasteiger charge is 2.12. The lowest BCUT2D eigenvalue weighted by Crippen LogP contribution is -2.07. The molecule has 0 unspecified atom stereocenters. The van der Waals surface area contributed by atoms with E-state index in [0.717, 1.165) is 12.8 Å². The fraction of sp³-hybridized carbons (Fsp3) is 0.500. The van der Waals surface area contributed by atoms with Crippen LogP contribution in [0.15, 0.2) is 10.5 Å². The molecule has 1 heterocycles. The summed E-state index contributed by atoms with van der Waals surface area (Å²) in [5.74, 6) is -0.130. The van der Waals surface area contributed by atoms with Crippen LogP contribution in [-0.4, -0.2) is 29.9 Å². The molecule has 0 N–H and O–H groups in total. The van der Waals surface area contributed by atoms with Gasteiger partial charge in [0.2, 0.25) is 5.88 Å². The van der Waals surface area contributed by atoms with Gasteiger partial charge in [-0.25, -0.2) is 4.79 Å². The summed E-state index contributed by atoms with van der Waals surface area (Å²) in [6.45, 7) is 2.66. The number of hydrogen-bond donors (Lipinski definition) is 0. The Morgan fingerprint density at radius 1 is 1.50 bits per heavy atom. The summed E-state index contributed by atoms with van der Waals surface area (Å²) in [7, 11) is 1.30. The topological polar surface area (TPSA) is 61.3 Å². The maximum absolute atomic E-state index is 11.2. The van der Waals surface area contributed by atoms with E-state index in [-0.39, 0.29) is 5.69 Å². The number of ether oxygens (including phenoxy) is 2. The molecule has 0 saturated carbocycles. The molecule has 6 heteroatoms. The summed E-state index contributed by atoms with van der Waals surface area (Å²) in [5, 5.41) is 7.51. The van der Waals surface area contributed by atoms with Gasteiger partial charge in [-0.2, -0.15) is 0 Å². The lowest BCUT2D eigenvalue weighted by atomic mass is 10.3. The first-order valence-electron chi connectivity index (χ1n) is 4.93. The van der Waals surface area contributed by atoms with Crippen LogP contribution < -0.4 is 4.74 Å². The van der Waals surface area contributed by atoms with Gasteiger partial charge in [-0.15, -0.1) is 10.2 Å². The van der Waals surface area contributed by atoms with Crippen molar-refractivity contribution >= 4 is 21.9 Å². The van der Waals surface area contributed by atoms with Crippen molar-refractivity contribution in [2.45, 2.75) is 19.8 Å². The molecule has 1 rings (SSSR count). The van der Waals surface area contributed by atoms with Crippen LogP contribution in [0, 0.1) is 0 Å². The van der Waals surface area contributed by atoms with Crippen molar-refractivity contribution in [2.24, 2.45) is 0 Å². The zero-order valence-corrected chi connectivity index (χ0v) is 10.8. The van der Waals surface area contributed by atoms with E-state index in [1.807, 2.05) is 0 Å². The van der Waals surface area contributed by atoms with Gasteiger partial charge in [0.1, 0.15) is 0 Å². The van der Waals surface area contributed by atoms with Gasteiger partial charge in [0.05, 0.1) is 18.2 Å². The molecular weight excluding hydrogens is 276 g/mol. The number of unbranched alkanes of at least 4 members (excludes halogenated alkanes) is 1. The molecule has 0 saturated heterocycles. The zero-order chi connectivity index (χ0) is 12.0. The van der Waals surface area contributed by atoms with Gasteiger partial charge in [0.15, 0.2) is 5.69 Å². The minimum atomic E-state index is -0.520. The molecule has 0 fully saturated rings. The van der Waals surface area contributed by atoms with Crippen molar-refractivity contribution in [1.29, 1.82) is 0 Å². The van der Waals surface area contributed by atoms with Crippen LogP contribution in [0.1, 0.15) is 30.3 Å². The van der Waals surface area contributed by atoms with Crippen LogP contribution in [0.3, 0.4) is 0 Å². The predicted octanol–water partition coefficient (Wildman–Crippen LogP) is 2.20. The Kier molecular flexibility index (Phi) is 5.18. The molecule has 0 aliphatic carbocycles. The average Bonchev–Trinajstić information content (AvgIpc) is 2.30. The third-order valence-electron chi connectivity index (χ3n) is 1.85.